The molecule has 0 atom stereocenters. The third-order valence-corrected chi connectivity index (χ3v) is 7.33. The molecule has 4 rings (SSSR count). The lowest BCUT2D eigenvalue weighted by atomic mass is 10.1. The van der Waals surface area contributed by atoms with Crippen molar-refractivity contribution >= 4 is 61.3 Å². The van der Waals surface area contributed by atoms with Crippen molar-refractivity contribution in [2.24, 2.45) is 0 Å². The van der Waals surface area contributed by atoms with Crippen LogP contribution in [0.2, 0.25) is 5.02 Å². The number of ether oxygens (including phenoxy) is 1. The predicted molar refractivity (Wildman–Crippen MR) is 124 cm³/mol. The predicted octanol–water partition coefficient (Wildman–Crippen LogP) is 3.56. The molecular weight excluding hydrogens is 490 g/mol. The van der Waals surface area contributed by atoms with Crippen LogP contribution in [0.25, 0.3) is 22.0 Å². The number of esters is 1. The monoisotopic (exact) mass is 507 g/mol. The highest BCUT2D eigenvalue weighted by atomic mass is 35.5. The summed E-state index contributed by atoms with van der Waals surface area (Å²) in [4.78, 5) is 24.0. The Bertz CT molecular complexity index is 1510. The molecule has 2 aromatic heterocycles. The van der Waals surface area contributed by atoms with Gasteiger partial charge in [-0.25, -0.2) is 17.9 Å². The van der Waals surface area contributed by atoms with E-state index in [9.17, 15) is 18.0 Å². The van der Waals surface area contributed by atoms with Gasteiger partial charge < -0.3 is 9.15 Å². The van der Waals surface area contributed by atoms with E-state index in [1.807, 2.05) is 0 Å². The fourth-order valence-electron chi connectivity index (χ4n) is 3.21. The van der Waals surface area contributed by atoms with Crippen molar-refractivity contribution in [3.8, 4) is 0 Å². The number of nitrogens with zero attached hydrogens (tertiary/aromatic N) is 2. The van der Waals surface area contributed by atoms with Gasteiger partial charge in [-0.15, -0.1) is 0 Å². The number of rotatable bonds is 8. The topological polar surface area (TPSA) is 128 Å². The maximum atomic E-state index is 12.6. The van der Waals surface area contributed by atoms with Gasteiger partial charge >= 0.3 is 11.6 Å². The second kappa shape index (κ2) is 9.56. The van der Waals surface area contributed by atoms with E-state index in [2.05, 4.69) is 13.5 Å². The van der Waals surface area contributed by atoms with E-state index in [0.29, 0.717) is 32.6 Å². The van der Waals surface area contributed by atoms with Gasteiger partial charge in [-0.05, 0) is 43.2 Å². The maximum Gasteiger partial charge on any atom is 0.336 e. The van der Waals surface area contributed by atoms with Gasteiger partial charge in [0.2, 0.25) is 10.0 Å². The molecular formula is C21H18ClN3O6S2. The minimum Gasteiger partial charge on any atom is -0.461 e. The Balaban J connectivity index is 1.33. The summed E-state index contributed by atoms with van der Waals surface area (Å²) in [5.41, 5.74) is 1.84. The molecule has 2 aromatic carbocycles. The smallest absolute Gasteiger partial charge is 0.336 e. The first-order valence-electron chi connectivity index (χ1n) is 9.84. The molecule has 4 aromatic rings. The highest BCUT2D eigenvalue weighted by Crippen LogP contribution is 2.25. The second-order valence-corrected chi connectivity index (χ2v) is 9.91. The summed E-state index contributed by atoms with van der Waals surface area (Å²) in [5.74, 6) is -0.528. The average Bonchev–Trinajstić information content (AvgIpc) is 3.25. The Morgan fingerprint density at radius 1 is 1.24 bits per heavy atom. The van der Waals surface area contributed by atoms with Crippen LogP contribution in [-0.2, 0) is 26.2 Å². The van der Waals surface area contributed by atoms with Gasteiger partial charge in [-0.1, -0.05) is 17.7 Å². The molecule has 0 aliphatic heterocycles. The fourth-order valence-corrected chi connectivity index (χ4v) is 5.22. The van der Waals surface area contributed by atoms with Crippen LogP contribution in [0.1, 0.15) is 24.0 Å². The van der Waals surface area contributed by atoms with Crippen LogP contribution in [0.4, 0.5) is 0 Å². The molecule has 0 unspecified atom stereocenters. The molecule has 0 saturated heterocycles. The third-order valence-electron chi connectivity index (χ3n) is 4.89. The number of sulfonamides is 1. The molecule has 12 heteroatoms. The first kappa shape index (κ1) is 23.3. The molecule has 0 bridgehead atoms. The number of hydrogen-bond donors (Lipinski definition) is 1. The molecule has 0 aliphatic rings. The molecule has 0 saturated carbocycles. The first-order chi connectivity index (χ1) is 15.7. The van der Waals surface area contributed by atoms with Crippen LogP contribution in [0.15, 0.2) is 50.5 Å². The van der Waals surface area contributed by atoms with Crippen LogP contribution < -0.4 is 10.3 Å². The van der Waals surface area contributed by atoms with E-state index in [-0.39, 0.29) is 30.9 Å². The fraction of sp³-hybridized carbons (Fsp3) is 0.238. The Morgan fingerprint density at radius 2 is 2.06 bits per heavy atom. The van der Waals surface area contributed by atoms with Crippen molar-refractivity contribution in [2.45, 2.75) is 31.3 Å². The van der Waals surface area contributed by atoms with Crippen LogP contribution in [0.3, 0.4) is 0 Å². The van der Waals surface area contributed by atoms with Crippen molar-refractivity contribution in [1.82, 2.24) is 13.5 Å². The summed E-state index contributed by atoms with van der Waals surface area (Å²) >= 11 is 7.10. The number of aryl methyl sites for hydroxylation is 1. The van der Waals surface area contributed by atoms with Crippen molar-refractivity contribution in [2.75, 3.05) is 6.54 Å². The zero-order chi connectivity index (χ0) is 23.6. The van der Waals surface area contributed by atoms with Crippen LogP contribution >= 0.6 is 23.3 Å². The molecule has 1 N–H and O–H groups in total. The zero-order valence-corrected chi connectivity index (χ0v) is 19.7. The van der Waals surface area contributed by atoms with Crippen molar-refractivity contribution in [3.63, 3.8) is 0 Å². The number of hydrogen-bond acceptors (Lipinski definition) is 9. The van der Waals surface area contributed by atoms with E-state index < -0.39 is 21.6 Å². The number of halogens is 1. The number of carbonyl (C=O) groups is 1. The maximum absolute atomic E-state index is 12.6. The number of carbonyl (C=O) groups excluding carboxylic acids is 1. The van der Waals surface area contributed by atoms with Gasteiger partial charge in [0.1, 0.15) is 28.1 Å². The second-order valence-electron chi connectivity index (χ2n) is 7.24. The Hall–Kier alpha value is -2.86. The number of aromatic nitrogens is 2. The molecule has 0 fully saturated rings. The lowest BCUT2D eigenvalue weighted by molar-refractivity contribution is -0.145. The minimum absolute atomic E-state index is 0.00971. The Kier molecular flexibility index (Phi) is 6.75. The number of fused-ring (bicyclic) bond motifs is 2. The van der Waals surface area contributed by atoms with Crippen molar-refractivity contribution < 1.29 is 22.4 Å². The van der Waals surface area contributed by atoms with E-state index in [0.717, 1.165) is 17.3 Å². The first-order valence-corrected chi connectivity index (χ1v) is 12.4. The van der Waals surface area contributed by atoms with Crippen molar-refractivity contribution in [1.29, 1.82) is 0 Å². The van der Waals surface area contributed by atoms with Crippen LogP contribution in [0.5, 0.6) is 0 Å². The summed E-state index contributed by atoms with van der Waals surface area (Å²) in [6.07, 6.45) is 0.219. The minimum atomic E-state index is -3.80. The summed E-state index contributed by atoms with van der Waals surface area (Å²) in [6, 6.07) is 9.29. The van der Waals surface area contributed by atoms with Gasteiger partial charge in [0.15, 0.2) is 0 Å². The molecule has 33 heavy (non-hydrogen) atoms. The average molecular weight is 508 g/mol. The lowest BCUT2D eigenvalue weighted by Gasteiger charge is -2.09. The van der Waals surface area contributed by atoms with Gasteiger partial charge in [0.25, 0.3) is 0 Å². The van der Waals surface area contributed by atoms with Crippen LogP contribution in [0, 0.1) is 6.92 Å². The highest BCUT2D eigenvalue weighted by molar-refractivity contribution is 7.89. The quantitative estimate of drug-likeness (QED) is 0.218. The molecule has 0 spiro atoms. The van der Waals surface area contributed by atoms with Gasteiger partial charge in [0.05, 0.1) is 11.7 Å². The SMILES string of the molecule is Cc1cc2oc(=O)cc(COC(=O)CCCNS(=O)(=O)c3cccc4nsnc34)c2cc1Cl. The highest BCUT2D eigenvalue weighted by Gasteiger charge is 2.19. The summed E-state index contributed by atoms with van der Waals surface area (Å²) < 4.78 is 46.1. The Labute approximate surface area is 197 Å². The van der Waals surface area contributed by atoms with E-state index >= 15 is 0 Å². The lowest BCUT2D eigenvalue weighted by Crippen LogP contribution is -2.25. The number of nitrogens with one attached hydrogen (secondary N) is 1. The summed E-state index contributed by atoms with van der Waals surface area (Å²) in [6.45, 7) is 1.69. The Morgan fingerprint density at radius 3 is 2.88 bits per heavy atom. The molecule has 0 aliphatic carbocycles. The van der Waals surface area contributed by atoms with E-state index in [1.54, 1.807) is 31.2 Å². The van der Waals surface area contributed by atoms with E-state index in [4.69, 9.17) is 20.8 Å². The molecule has 0 amide bonds. The third kappa shape index (κ3) is 5.22. The zero-order valence-electron chi connectivity index (χ0n) is 17.3. The van der Waals surface area contributed by atoms with Crippen LogP contribution in [-0.4, -0.2) is 29.7 Å². The van der Waals surface area contributed by atoms with E-state index in [1.165, 1.54) is 12.1 Å². The standard InChI is InChI=1S/C21H18ClN3O6S2/c1-12-8-17-14(10-15(12)22)13(9-20(27)31-17)11-30-19(26)6-3-7-23-33(28,29)18-5-2-4-16-21(18)25-32-24-16/h2,4-5,8-10,23H,3,6-7,11H2,1H3. The van der Waals surface area contributed by atoms with Crippen molar-refractivity contribution in [3.05, 3.63) is 63.0 Å². The largest absolute Gasteiger partial charge is 0.461 e. The summed E-state index contributed by atoms with van der Waals surface area (Å²) in [5, 5.41) is 1.08. The molecule has 0 radical (unpaired) electrons. The van der Waals surface area contributed by atoms with Gasteiger partial charge in [-0.2, -0.15) is 8.75 Å². The molecule has 2 heterocycles. The number of benzene rings is 2. The normalized spacial score (nSPS) is 11.8. The molecule has 172 valence electrons. The van der Waals surface area contributed by atoms with Gasteiger partial charge in [-0.3, -0.25) is 4.79 Å². The summed E-state index contributed by atoms with van der Waals surface area (Å²) in [7, 11) is -3.80. The molecule has 9 nitrogen and oxygen atoms in total. The van der Waals surface area contributed by atoms with Gasteiger partial charge in [0, 0.05) is 35.0 Å².